The number of benzene rings is 1. The number of hydrogen-bond donors (Lipinski definition) is 1. The van der Waals surface area contributed by atoms with Gasteiger partial charge in [-0.2, -0.15) is 0 Å². The minimum atomic E-state index is -0.553. The van der Waals surface area contributed by atoms with Crippen molar-refractivity contribution in [3.63, 3.8) is 0 Å². The fourth-order valence-electron chi connectivity index (χ4n) is 2.96. The van der Waals surface area contributed by atoms with E-state index in [0.29, 0.717) is 29.4 Å². The predicted octanol–water partition coefficient (Wildman–Crippen LogP) is 4.18. The number of Topliss-reactive ketones (excluding diaryl/α,β-unsaturated/α-hetero) is 2. The van der Waals surface area contributed by atoms with E-state index in [9.17, 15) is 14.7 Å². The molecule has 0 amide bonds. The summed E-state index contributed by atoms with van der Waals surface area (Å²) in [5.41, 5.74) is 1.06. The predicted molar refractivity (Wildman–Crippen MR) is 83.2 cm³/mol. The van der Waals surface area contributed by atoms with E-state index in [1.54, 1.807) is 24.3 Å². The zero-order chi connectivity index (χ0) is 15.6. The van der Waals surface area contributed by atoms with E-state index < -0.39 is 11.6 Å². The molecule has 1 aromatic rings. The maximum atomic E-state index is 12.2. The van der Waals surface area contributed by atoms with Gasteiger partial charge in [0.1, 0.15) is 5.76 Å². The molecule has 1 atom stereocenters. The van der Waals surface area contributed by atoms with E-state index >= 15 is 0 Å². The standard InChI is InChI=1S/C18H22O3/c1-11(2)10-12(3)8-9-15-16(19)13-6-4-5-7-14(13)17(20)18(15)21/h4-7,11-12,19H,8-10H2,1-3H3. The molecule has 1 aliphatic rings. The first-order valence-electron chi connectivity index (χ1n) is 7.52. The van der Waals surface area contributed by atoms with E-state index in [1.165, 1.54) is 0 Å². The number of carbonyl (C=O) groups excluding carboxylic acids is 2. The average Bonchev–Trinajstić information content (AvgIpc) is 2.44. The van der Waals surface area contributed by atoms with Crippen molar-refractivity contribution in [2.24, 2.45) is 11.8 Å². The lowest BCUT2D eigenvalue weighted by Crippen LogP contribution is -2.24. The summed E-state index contributed by atoms with van der Waals surface area (Å²) >= 11 is 0. The summed E-state index contributed by atoms with van der Waals surface area (Å²) < 4.78 is 0. The van der Waals surface area contributed by atoms with Gasteiger partial charge >= 0.3 is 0 Å². The minimum Gasteiger partial charge on any atom is -0.507 e. The largest absolute Gasteiger partial charge is 0.507 e. The quantitative estimate of drug-likeness (QED) is 0.826. The molecule has 0 aliphatic heterocycles. The molecule has 0 radical (unpaired) electrons. The van der Waals surface area contributed by atoms with Gasteiger partial charge in [-0.05, 0) is 31.1 Å². The molecule has 0 saturated heterocycles. The highest BCUT2D eigenvalue weighted by atomic mass is 16.3. The van der Waals surface area contributed by atoms with Crippen molar-refractivity contribution < 1.29 is 14.7 Å². The molecule has 1 N–H and O–H groups in total. The van der Waals surface area contributed by atoms with Crippen molar-refractivity contribution in [1.29, 1.82) is 0 Å². The molecule has 1 unspecified atom stereocenters. The van der Waals surface area contributed by atoms with Crippen LogP contribution in [0.5, 0.6) is 0 Å². The molecule has 2 rings (SSSR count). The summed E-state index contributed by atoms with van der Waals surface area (Å²) in [6.45, 7) is 6.47. The Morgan fingerprint density at radius 1 is 1.00 bits per heavy atom. The first-order chi connectivity index (χ1) is 9.91. The molecule has 112 valence electrons. The Morgan fingerprint density at radius 3 is 2.24 bits per heavy atom. The average molecular weight is 286 g/mol. The Morgan fingerprint density at radius 2 is 1.62 bits per heavy atom. The highest BCUT2D eigenvalue weighted by Crippen LogP contribution is 2.31. The van der Waals surface area contributed by atoms with Crippen molar-refractivity contribution in [1.82, 2.24) is 0 Å². The fraction of sp³-hybridized carbons (Fsp3) is 0.444. The lowest BCUT2D eigenvalue weighted by atomic mass is 9.84. The van der Waals surface area contributed by atoms with Gasteiger partial charge in [0.2, 0.25) is 11.6 Å². The zero-order valence-electron chi connectivity index (χ0n) is 12.8. The first kappa shape index (κ1) is 15.5. The van der Waals surface area contributed by atoms with Crippen LogP contribution in [0.3, 0.4) is 0 Å². The van der Waals surface area contributed by atoms with Crippen LogP contribution in [0.2, 0.25) is 0 Å². The maximum Gasteiger partial charge on any atom is 0.234 e. The Kier molecular flexibility index (Phi) is 4.61. The molecule has 0 aromatic heterocycles. The number of carbonyl (C=O) groups is 2. The van der Waals surface area contributed by atoms with Crippen LogP contribution >= 0.6 is 0 Å². The van der Waals surface area contributed by atoms with Crippen molar-refractivity contribution in [2.75, 3.05) is 0 Å². The molecule has 1 aromatic carbocycles. The summed E-state index contributed by atoms with van der Waals surface area (Å²) in [4.78, 5) is 24.3. The second kappa shape index (κ2) is 6.25. The van der Waals surface area contributed by atoms with Gasteiger partial charge < -0.3 is 5.11 Å². The number of fused-ring (bicyclic) bond motifs is 1. The SMILES string of the molecule is CC(C)CC(C)CCC1=C(O)c2ccccc2C(=O)C1=O. The Balaban J connectivity index is 2.22. The molecule has 0 heterocycles. The Bertz CT molecular complexity index is 596. The van der Waals surface area contributed by atoms with Crippen LogP contribution in [0.15, 0.2) is 29.8 Å². The van der Waals surface area contributed by atoms with Crippen LogP contribution in [0.4, 0.5) is 0 Å². The normalized spacial score (nSPS) is 16.4. The fourth-order valence-corrected chi connectivity index (χ4v) is 2.96. The molecule has 3 heteroatoms. The molecular formula is C18H22O3. The Labute approximate surface area is 125 Å². The van der Waals surface area contributed by atoms with Crippen LogP contribution in [0.1, 0.15) is 56.0 Å². The Hall–Kier alpha value is -1.90. The van der Waals surface area contributed by atoms with E-state index in [2.05, 4.69) is 20.8 Å². The van der Waals surface area contributed by atoms with Crippen LogP contribution in [0.25, 0.3) is 5.76 Å². The van der Waals surface area contributed by atoms with E-state index in [-0.39, 0.29) is 11.3 Å². The van der Waals surface area contributed by atoms with Crippen molar-refractivity contribution in [2.45, 2.75) is 40.0 Å². The van der Waals surface area contributed by atoms with Crippen LogP contribution in [-0.4, -0.2) is 16.7 Å². The van der Waals surface area contributed by atoms with Gasteiger partial charge in [-0.3, -0.25) is 9.59 Å². The van der Waals surface area contributed by atoms with E-state index in [0.717, 1.165) is 12.8 Å². The van der Waals surface area contributed by atoms with Gasteiger partial charge in [-0.25, -0.2) is 0 Å². The molecule has 3 nitrogen and oxygen atoms in total. The van der Waals surface area contributed by atoms with Crippen LogP contribution in [-0.2, 0) is 4.79 Å². The van der Waals surface area contributed by atoms with Gasteiger partial charge in [0, 0.05) is 16.7 Å². The molecule has 0 fully saturated rings. The number of hydrogen-bond acceptors (Lipinski definition) is 3. The van der Waals surface area contributed by atoms with Gasteiger partial charge in [-0.15, -0.1) is 0 Å². The lowest BCUT2D eigenvalue weighted by molar-refractivity contribution is -0.112. The third-order valence-corrected chi connectivity index (χ3v) is 3.95. The van der Waals surface area contributed by atoms with Crippen molar-refractivity contribution >= 4 is 17.3 Å². The van der Waals surface area contributed by atoms with Crippen molar-refractivity contribution in [3.05, 3.63) is 41.0 Å². The van der Waals surface area contributed by atoms with Crippen molar-refractivity contribution in [3.8, 4) is 0 Å². The first-order valence-corrected chi connectivity index (χ1v) is 7.52. The molecule has 0 spiro atoms. The summed E-state index contributed by atoms with van der Waals surface area (Å²) in [6.07, 6.45) is 2.34. The number of aliphatic hydroxyl groups excluding tert-OH is 1. The summed E-state index contributed by atoms with van der Waals surface area (Å²) in [5, 5.41) is 10.3. The molecule has 0 saturated carbocycles. The highest BCUT2D eigenvalue weighted by Gasteiger charge is 2.32. The van der Waals surface area contributed by atoms with Gasteiger partial charge in [0.15, 0.2) is 0 Å². The van der Waals surface area contributed by atoms with E-state index in [4.69, 9.17) is 0 Å². The number of rotatable bonds is 5. The second-order valence-electron chi connectivity index (χ2n) is 6.30. The molecule has 1 aliphatic carbocycles. The summed E-state index contributed by atoms with van der Waals surface area (Å²) in [6, 6.07) is 6.74. The number of ketones is 2. The van der Waals surface area contributed by atoms with Gasteiger partial charge in [0.25, 0.3) is 0 Å². The number of aliphatic hydroxyl groups is 1. The zero-order valence-corrected chi connectivity index (χ0v) is 12.8. The molecule has 0 bridgehead atoms. The molecule has 21 heavy (non-hydrogen) atoms. The third kappa shape index (κ3) is 3.23. The minimum absolute atomic E-state index is 0.0213. The van der Waals surface area contributed by atoms with Crippen LogP contribution in [0, 0.1) is 11.8 Å². The smallest absolute Gasteiger partial charge is 0.234 e. The highest BCUT2D eigenvalue weighted by molar-refractivity contribution is 6.52. The topological polar surface area (TPSA) is 54.4 Å². The lowest BCUT2D eigenvalue weighted by Gasteiger charge is -2.19. The van der Waals surface area contributed by atoms with Crippen LogP contribution < -0.4 is 0 Å². The summed E-state index contributed by atoms with van der Waals surface area (Å²) in [5.74, 6) is -0.0119. The molecular weight excluding hydrogens is 264 g/mol. The van der Waals surface area contributed by atoms with Gasteiger partial charge in [0.05, 0.1) is 0 Å². The third-order valence-electron chi connectivity index (χ3n) is 3.95. The number of allylic oxidation sites excluding steroid dienone is 1. The summed E-state index contributed by atoms with van der Waals surface area (Å²) in [7, 11) is 0. The van der Waals surface area contributed by atoms with Gasteiger partial charge in [-0.1, -0.05) is 45.0 Å². The van der Waals surface area contributed by atoms with E-state index in [1.807, 2.05) is 0 Å². The monoisotopic (exact) mass is 286 g/mol. The second-order valence-corrected chi connectivity index (χ2v) is 6.30. The maximum absolute atomic E-state index is 12.2.